The fourth-order valence-corrected chi connectivity index (χ4v) is 3.07. The van der Waals surface area contributed by atoms with Crippen LogP contribution in [0.3, 0.4) is 0 Å². The van der Waals surface area contributed by atoms with Crippen LogP contribution in [0, 0.1) is 5.92 Å². The van der Waals surface area contributed by atoms with Crippen molar-refractivity contribution >= 4 is 11.6 Å². The minimum atomic E-state index is -4.60. The molecule has 3 rings (SSSR count). The van der Waals surface area contributed by atoms with Gasteiger partial charge in [0.1, 0.15) is 5.92 Å². The van der Waals surface area contributed by atoms with Gasteiger partial charge in [0.2, 0.25) is 5.91 Å². The molecule has 1 aliphatic heterocycles. The summed E-state index contributed by atoms with van der Waals surface area (Å²) in [6, 6.07) is 15.2. The number of anilines is 1. The minimum Gasteiger partial charge on any atom is -0.315 e. The van der Waals surface area contributed by atoms with E-state index in [2.05, 4.69) is 0 Å². The van der Waals surface area contributed by atoms with Gasteiger partial charge < -0.3 is 4.90 Å². The van der Waals surface area contributed by atoms with Crippen molar-refractivity contribution in [2.75, 3.05) is 11.9 Å². The van der Waals surface area contributed by atoms with Crippen molar-refractivity contribution in [3.8, 4) is 0 Å². The van der Waals surface area contributed by atoms with Gasteiger partial charge in [-0.2, -0.15) is 13.2 Å². The summed E-state index contributed by atoms with van der Waals surface area (Å²) in [5.74, 6) is -3.99. The lowest BCUT2D eigenvalue weighted by Gasteiger charge is -2.38. The molecule has 2 atom stereocenters. The van der Waals surface area contributed by atoms with Gasteiger partial charge in [-0.1, -0.05) is 48.5 Å². The third-order valence-electron chi connectivity index (χ3n) is 4.07. The summed E-state index contributed by atoms with van der Waals surface area (Å²) >= 11 is 0. The van der Waals surface area contributed by atoms with Crippen LogP contribution in [0.4, 0.5) is 18.9 Å². The van der Waals surface area contributed by atoms with Crippen LogP contribution in [-0.2, 0) is 4.79 Å². The van der Waals surface area contributed by atoms with Crippen molar-refractivity contribution in [2.45, 2.75) is 12.1 Å². The number of hydrogen-bond donors (Lipinski definition) is 0. The van der Waals surface area contributed by atoms with E-state index in [-0.39, 0.29) is 0 Å². The molecule has 0 spiro atoms. The SMILES string of the molecule is CN1C(=O)[C@@H](C(F)(F)F)[C@H](c2ccccc2)c2ccccc21. The van der Waals surface area contributed by atoms with Crippen molar-refractivity contribution in [3.05, 3.63) is 65.7 Å². The van der Waals surface area contributed by atoms with Crippen molar-refractivity contribution in [1.29, 1.82) is 0 Å². The Morgan fingerprint density at radius 3 is 2.18 bits per heavy atom. The maximum Gasteiger partial charge on any atom is 0.401 e. The Labute approximate surface area is 126 Å². The van der Waals surface area contributed by atoms with Crippen molar-refractivity contribution in [3.63, 3.8) is 0 Å². The van der Waals surface area contributed by atoms with E-state index in [9.17, 15) is 18.0 Å². The molecule has 5 heteroatoms. The second-order valence-electron chi connectivity index (χ2n) is 5.36. The zero-order valence-corrected chi connectivity index (χ0v) is 11.8. The topological polar surface area (TPSA) is 20.3 Å². The number of carbonyl (C=O) groups is 1. The number of nitrogens with zero attached hydrogens (tertiary/aromatic N) is 1. The normalized spacial score (nSPS) is 21.6. The molecule has 2 nitrogen and oxygen atoms in total. The molecule has 0 saturated heterocycles. The molecule has 0 aromatic heterocycles. The molecule has 1 aliphatic rings. The zero-order chi connectivity index (χ0) is 15.9. The molecule has 22 heavy (non-hydrogen) atoms. The Balaban J connectivity index is 2.25. The van der Waals surface area contributed by atoms with Gasteiger partial charge in [-0.3, -0.25) is 4.79 Å². The Hall–Kier alpha value is -2.30. The number of para-hydroxylation sites is 1. The molecule has 114 valence electrons. The van der Waals surface area contributed by atoms with Gasteiger partial charge >= 0.3 is 6.18 Å². The number of alkyl halides is 3. The summed E-state index contributed by atoms with van der Waals surface area (Å²) in [6.07, 6.45) is -4.60. The van der Waals surface area contributed by atoms with Crippen molar-refractivity contribution < 1.29 is 18.0 Å². The third kappa shape index (κ3) is 2.26. The van der Waals surface area contributed by atoms with Crippen molar-refractivity contribution in [2.24, 2.45) is 5.92 Å². The number of fused-ring (bicyclic) bond motifs is 1. The number of benzene rings is 2. The van der Waals surface area contributed by atoms with E-state index in [0.717, 1.165) is 4.90 Å². The highest BCUT2D eigenvalue weighted by atomic mass is 19.4. The zero-order valence-electron chi connectivity index (χ0n) is 11.8. The van der Waals surface area contributed by atoms with E-state index in [1.165, 1.54) is 7.05 Å². The van der Waals surface area contributed by atoms with E-state index >= 15 is 0 Å². The molecule has 0 unspecified atom stereocenters. The highest BCUT2D eigenvalue weighted by Gasteiger charge is 2.54. The second kappa shape index (κ2) is 5.16. The smallest absolute Gasteiger partial charge is 0.315 e. The molecule has 0 fully saturated rings. The van der Waals surface area contributed by atoms with Gasteiger partial charge in [0.15, 0.2) is 0 Å². The van der Waals surface area contributed by atoms with Crippen LogP contribution in [0.5, 0.6) is 0 Å². The molecular formula is C17H14F3NO. The average molecular weight is 305 g/mol. The van der Waals surface area contributed by atoms with Crippen LogP contribution in [0.2, 0.25) is 0 Å². The van der Waals surface area contributed by atoms with E-state index in [4.69, 9.17) is 0 Å². The maximum absolute atomic E-state index is 13.5. The Bertz CT molecular complexity index is 697. The Morgan fingerprint density at radius 2 is 1.55 bits per heavy atom. The van der Waals surface area contributed by atoms with Crippen LogP contribution < -0.4 is 4.90 Å². The summed E-state index contributed by atoms with van der Waals surface area (Å²) in [5, 5.41) is 0. The van der Waals surface area contributed by atoms with E-state index in [1.807, 2.05) is 0 Å². The Kier molecular flexibility index (Phi) is 3.43. The van der Waals surface area contributed by atoms with Gasteiger partial charge in [0, 0.05) is 18.7 Å². The van der Waals surface area contributed by atoms with Gasteiger partial charge in [-0.25, -0.2) is 0 Å². The summed E-state index contributed by atoms with van der Waals surface area (Å²) < 4.78 is 40.6. The van der Waals surface area contributed by atoms with Gasteiger partial charge in [0.25, 0.3) is 0 Å². The standard InChI is InChI=1S/C17H14F3NO/c1-21-13-10-6-5-9-12(13)14(11-7-3-2-4-8-11)15(16(21)22)17(18,19)20/h2-10,14-15H,1H3/t14-,15+/m1/s1. The highest BCUT2D eigenvalue weighted by Crippen LogP contribution is 2.48. The van der Waals surface area contributed by atoms with Crippen LogP contribution in [0.25, 0.3) is 0 Å². The summed E-state index contributed by atoms with van der Waals surface area (Å²) in [4.78, 5) is 13.4. The van der Waals surface area contributed by atoms with Gasteiger partial charge in [-0.05, 0) is 17.2 Å². The lowest BCUT2D eigenvalue weighted by Crippen LogP contribution is -2.48. The fraction of sp³-hybridized carbons (Fsp3) is 0.235. The van der Waals surface area contributed by atoms with Crippen LogP contribution in [0.1, 0.15) is 17.0 Å². The predicted molar refractivity (Wildman–Crippen MR) is 77.7 cm³/mol. The van der Waals surface area contributed by atoms with Crippen LogP contribution in [0.15, 0.2) is 54.6 Å². The largest absolute Gasteiger partial charge is 0.401 e. The first-order valence-electron chi connectivity index (χ1n) is 6.89. The molecular weight excluding hydrogens is 291 g/mol. The molecule has 1 heterocycles. The highest BCUT2D eigenvalue weighted by molar-refractivity contribution is 5.99. The monoisotopic (exact) mass is 305 g/mol. The third-order valence-corrected chi connectivity index (χ3v) is 4.07. The van der Waals surface area contributed by atoms with E-state index in [1.54, 1.807) is 54.6 Å². The molecule has 0 radical (unpaired) electrons. The Morgan fingerprint density at radius 1 is 0.955 bits per heavy atom. The van der Waals surface area contributed by atoms with Crippen molar-refractivity contribution in [1.82, 2.24) is 0 Å². The number of halogens is 3. The molecule has 0 bridgehead atoms. The quantitative estimate of drug-likeness (QED) is 0.780. The number of carbonyl (C=O) groups excluding carboxylic acids is 1. The minimum absolute atomic E-state index is 0.499. The lowest BCUT2D eigenvalue weighted by atomic mass is 9.76. The summed E-state index contributed by atoms with van der Waals surface area (Å²) in [7, 11) is 1.39. The molecule has 0 aliphatic carbocycles. The molecule has 2 aromatic carbocycles. The first-order chi connectivity index (χ1) is 10.4. The first-order valence-corrected chi connectivity index (χ1v) is 6.89. The maximum atomic E-state index is 13.5. The van der Waals surface area contributed by atoms with E-state index < -0.39 is 23.9 Å². The summed E-state index contributed by atoms with van der Waals surface area (Å²) in [6.45, 7) is 0. The summed E-state index contributed by atoms with van der Waals surface area (Å²) in [5.41, 5.74) is 1.55. The number of amides is 1. The van der Waals surface area contributed by atoms with E-state index in [0.29, 0.717) is 16.8 Å². The van der Waals surface area contributed by atoms with Gasteiger partial charge in [0.05, 0.1) is 0 Å². The fourth-order valence-electron chi connectivity index (χ4n) is 3.07. The number of hydrogen-bond acceptors (Lipinski definition) is 1. The molecule has 2 aromatic rings. The predicted octanol–water partition coefficient (Wildman–Crippen LogP) is 3.97. The van der Waals surface area contributed by atoms with Gasteiger partial charge in [-0.15, -0.1) is 0 Å². The lowest BCUT2D eigenvalue weighted by molar-refractivity contribution is -0.184. The van der Waals surface area contributed by atoms with Crippen LogP contribution in [-0.4, -0.2) is 19.1 Å². The average Bonchev–Trinajstić information content (AvgIpc) is 2.50. The van der Waals surface area contributed by atoms with Crippen LogP contribution >= 0.6 is 0 Å². The number of rotatable bonds is 1. The molecule has 1 amide bonds. The molecule has 0 N–H and O–H groups in total. The second-order valence-corrected chi connectivity index (χ2v) is 5.36. The first kappa shape index (κ1) is 14.6. The molecule has 0 saturated carbocycles.